The van der Waals surface area contributed by atoms with Gasteiger partial charge in [-0.15, -0.1) is 0 Å². The van der Waals surface area contributed by atoms with Gasteiger partial charge in [-0.2, -0.15) is 10.2 Å². The Kier molecular flexibility index (Phi) is 5.63. The Bertz CT molecular complexity index is 669. The summed E-state index contributed by atoms with van der Waals surface area (Å²) in [4.78, 5) is 0. The van der Waals surface area contributed by atoms with Gasteiger partial charge < -0.3 is 15.2 Å². The lowest BCUT2D eigenvalue weighted by Crippen LogP contribution is -1.95. The van der Waals surface area contributed by atoms with Crippen molar-refractivity contribution in [1.29, 1.82) is 0 Å². The average Bonchev–Trinajstić information content (AvgIpc) is 2.51. The van der Waals surface area contributed by atoms with E-state index in [0.29, 0.717) is 18.9 Å². The van der Waals surface area contributed by atoms with E-state index in [1.807, 2.05) is 43.3 Å². The number of hydrogen-bond donors (Lipinski definition) is 1. The van der Waals surface area contributed by atoms with Crippen LogP contribution in [0.1, 0.15) is 16.7 Å². The molecule has 2 N–H and O–H groups in total. The van der Waals surface area contributed by atoms with Crippen molar-refractivity contribution in [3.8, 4) is 0 Å². The van der Waals surface area contributed by atoms with E-state index in [1.54, 1.807) is 14.2 Å². The fourth-order valence-electron chi connectivity index (χ4n) is 2.16. The number of methoxy groups -OCH3 is 2. The quantitative estimate of drug-likeness (QED) is 0.639. The van der Waals surface area contributed by atoms with E-state index in [9.17, 15) is 0 Å². The summed E-state index contributed by atoms with van der Waals surface area (Å²) in [5, 5.41) is 8.65. The predicted molar refractivity (Wildman–Crippen MR) is 87.6 cm³/mol. The Morgan fingerprint density at radius 3 is 2.50 bits per heavy atom. The molecule has 0 aliphatic carbocycles. The number of anilines is 1. The third-order valence-electron chi connectivity index (χ3n) is 3.37. The molecule has 0 aliphatic heterocycles. The van der Waals surface area contributed by atoms with Crippen LogP contribution >= 0.6 is 0 Å². The highest BCUT2D eigenvalue weighted by Gasteiger charge is 2.05. The molecule has 0 atom stereocenters. The van der Waals surface area contributed by atoms with Crippen molar-refractivity contribution in [2.75, 3.05) is 20.0 Å². The SMILES string of the molecule is COCc1cc(N=Nc2cccc(C)c2COC)ccc1N. The second kappa shape index (κ2) is 7.68. The molecule has 5 nitrogen and oxygen atoms in total. The van der Waals surface area contributed by atoms with Crippen molar-refractivity contribution < 1.29 is 9.47 Å². The molecular weight excluding hydrogens is 278 g/mol. The van der Waals surface area contributed by atoms with Gasteiger partial charge in [-0.25, -0.2) is 0 Å². The molecule has 0 saturated carbocycles. The van der Waals surface area contributed by atoms with Crippen molar-refractivity contribution in [3.63, 3.8) is 0 Å². The zero-order chi connectivity index (χ0) is 15.9. The first-order chi connectivity index (χ1) is 10.7. The number of benzene rings is 2. The zero-order valence-electron chi connectivity index (χ0n) is 13.2. The molecule has 2 aromatic rings. The lowest BCUT2D eigenvalue weighted by molar-refractivity contribution is 0.184. The Morgan fingerprint density at radius 2 is 1.77 bits per heavy atom. The van der Waals surface area contributed by atoms with Crippen LogP contribution in [0, 0.1) is 6.92 Å². The van der Waals surface area contributed by atoms with Crippen molar-refractivity contribution in [3.05, 3.63) is 53.1 Å². The first kappa shape index (κ1) is 16.1. The smallest absolute Gasteiger partial charge is 0.0914 e. The van der Waals surface area contributed by atoms with E-state index >= 15 is 0 Å². The summed E-state index contributed by atoms with van der Waals surface area (Å²) < 4.78 is 10.4. The van der Waals surface area contributed by atoms with Crippen LogP contribution < -0.4 is 5.73 Å². The molecule has 116 valence electrons. The molecule has 0 aliphatic rings. The van der Waals surface area contributed by atoms with Gasteiger partial charge in [-0.1, -0.05) is 12.1 Å². The van der Waals surface area contributed by atoms with Crippen LogP contribution in [0.2, 0.25) is 0 Å². The second-order valence-electron chi connectivity index (χ2n) is 5.02. The summed E-state index contributed by atoms with van der Waals surface area (Å²) in [6.45, 7) is 3.00. The summed E-state index contributed by atoms with van der Waals surface area (Å²) in [5.41, 5.74) is 11.2. The van der Waals surface area contributed by atoms with E-state index in [1.165, 1.54) is 0 Å². The number of ether oxygens (including phenoxy) is 2. The van der Waals surface area contributed by atoms with Gasteiger partial charge in [0.15, 0.2) is 0 Å². The summed E-state index contributed by atoms with van der Waals surface area (Å²) >= 11 is 0. The van der Waals surface area contributed by atoms with Crippen LogP contribution in [0.15, 0.2) is 46.6 Å². The van der Waals surface area contributed by atoms with E-state index in [2.05, 4.69) is 10.2 Å². The van der Waals surface area contributed by atoms with Crippen LogP contribution in [0.25, 0.3) is 0 Å². The first-order valence-electron chi connectivity index (χ1n) is 7.02. The minimum atomic E-state index is 0.453. The van der Waals surface area contributed by atoms with Gasteiger partial charge in [-0.05, 0) is 36.8 Å². The molecule has 22 heavy (non-hydrogen) atoms. The van der Waals surface area contributed by atoms with E-state index < -0.39 is 0 Å². The fourth-order valence-corrected chi connectivity index (χ4v) is 2.16. The van der Waals surface area contributed by atoms with Gasteiger partial charge in [0.05, 0.1) is 24.6 Å². The molecule has 0 aromatic heterocycles. The zero-order valence-corrected chi connectivity index (χ0v) is 13.2. The molecule has 0 amide bonds. The largest absolute Gasteiger partial charge is 0.398 e. The molecule has 2 aromatic carbocycles. The van der Waals surface area contributed by atoms with E-state index in [4.69, 9.17) is 15.2 Å². The highest BCUT2D eigenvalue weighted by molar-refractivity contribution is 5.55. The molecule has 0 radical (unpaired) electrons. The predicted octanol–water partition coefficient (Wildman–Crippen LogP) is 4.29. The average molecular weight is 299 g/mol. The van der Waals surface area contributed by atoms with Crippen molar-refractivity contribution >= 4 is 17.1 Å². The number of aryl methyl sites for hydroxylation is 1. The minimum absolute atomic E-state index is 0.453. The standard InChI is InChI=1S/C17H21N3O2/c1-12-5-4-6-17(15(12)11-22-3)20-19-14-7-8-16(18)13(9-14)10-21-2/h4-9H,10-11,18H2,1-3H3. The maximum atomic E-state index is 5.90. The van der Waals surface area contributed by atoms with Gasteiger partial charge >= 0.3 is 0 Å². The number of nitrogens with two attached hydrogens (primary N) is 1. The van der Waals surface area contributed by atoms with Crippen molar-refractivity contribution in [1.82, 2.24) is 0 Å². The van der Waals surface area contributed by atoms with Crippen molar-refractivity contribution in [2.45, 2.75) is 20.1 Å². The maximum Gasteiger partial charge on any atom is 0.0914 e. The molecule has 2 rings (SSSR count). The fraction of sp³-hybridized carbons (Fsp3) is 0.294. The van der Waals surface area contributed by atoms with E-state index in [0.717, 1.165) is 28.1 Å². The lowest BCUT2D eigenvalue weighted by Gasteiger charge is -2.08. The summed E-state index contributed by atoms with van der Waals surface area (Å²) in [6.07, 6.45) is 0. The number of azo groups is 1. The van der Waals surface area contributed by atoms with Crippen LogP contribution in [-0.4, -0.2) is 14.2 Å². The third-order valence-corrected chi connectivity index (χ3v) is 3.37. The highest BCUT2D eigenvalue weighted by atomic mass is 16.5. The third kappa shape index (κ3) is 3.90. The number of hydrogen-bond acceptors (Lipinski definition) is 5. The number of rotatable bonds is 6. The normalized spacial score (nSPS) is 11.2. The summed E-state index contributed by atoms with van der Waals surface area (Å²) in [6, 6.07) is 11.5. The van der Waals surface area contributed by atoms with Crippen molar-refractivity contribution in [2.24, 2.45) is 10.2 Å². The molecule has 0 saturated heterocycles. The molecule has 0 spiro atoms. The summed E-state index contributed by atoms with van der Waals surface area (Å²) in [5.74, 6) is 0. The number of nitrogen functional groups attached to an aromatic ring is 1. The van der Waals surface area contributed by atoms with Gasteiger partial charge in [-0.3, -0.25) is 0 Å². The van der Waals surface area contributed by atoms with E-state index in [-0.39, 0.29) is 0 Å². The van der Waals surface area contributed by atoms with Gasteiger partial charge in [0, 0.05) is 31.0 Å². The van der Waals surface area contributed by atoms with Gasteiger partial charge in [0.2, 0.25) is 0 Å². The Morgan fingerprint density at radius 1 is 1.00 bits per heavy atom. The molecule has 0 heterocycles. The topological polar surface area (TPSA) is 69.2 Å². The van der Waals surface area contributed by atoms with Gasteiger partial charge in [0.1, 0.15) is 0 Å². The molecule has 0 unspecified atom stereocenters. The monoisotopic (exact) mass is 299 g/mol. The maximum absolute atomic E-state index is 5.90. The molecule has 0 bridgehead atoms. The highest BCUT2D eigenvalue weighted by Crippen LogP contribution is 2.27. The Hall–Kier alpha value is -2.24. The summed E-state index contributed by atoms with van der Waals surface area (Å²) in [7, 11) is 3.31. The molecular formula is C17H21N3O2. The second-order valence-corrected chi connectivity index (χ2v) is 5.02. The van der Waals surface area contributed by atoms with Crippen LogP contribution in [0.4, 0.5) is 17.1 Å². The molecule has 0 fully saturated rings. The minimum Gasteiger partial charge on any atom is -0.398 e. The molecule has 5 heteroatoms. The Labute approximate surface area is 130 Å². The number of nitrogens with zero attached hydrogens (tertiary/aromatic N) is 2. The van der Waals surface area contributed by atoms with Gasteiger partial charge in [0.25, 0.3) is 0 Å². The Balaban J connectivity index is 2.29. The van der Waals surface area contributed by atoms with Crippen LogP contribution in [0.5, 0.6) is 0 Å². The lowest BCUT2D eigenvalue weighted by atomic mass is 10.1. The van der Waals surface area contributed by atoms with Crippen LogP contribution in [-0.2, 0) is 22.7 Å². The first-order valence-corrected chi connectivity index (χ1v) is 7.02. The van der Waals surface area contributed by atoms with Crippen LogP contribution in [0.3, 0.4) is 0 Å².